The van der Waals surface area contributed by atoms with Crippen LogP contribution in [0.5, 0.6) is 0 Å². The summed E-state index contributed by atoms with van der Waals surface area (Å²) in [6, 6.07) is 16.6. The van der Waals surface area contributed by atoms with Gasteiger partial charge in [0.25, 0.3) is 0 Å². The van der Waals surface area contributed by atoms with Crippen molar-refractivity contribution in [1.82, 2.24) is 4.90 Å². The molecule has 0 spiro atoms. The predicted molar refractivity (Wildman–Crippen MR) is 100 cm³/mol. The van der Waals surface area contributed by atoms with Crippen LogP contribution in [0.15, 0.2) is 59.8 Å². The lowest BCUT2D eigenvalue weighted by Crippen LogP contribution is -2.37. The first-order valence-corrected chi connectivity index (χ1v) is 9.07. The number of hydrogen-bond donors (Lipinski definition) is 1. The van der Waals surface area contributed by atoms with E-state index in [-0.39, 0.29) is 11.9 Å². The number of benzene rings is 2. The monoisotopic (exact) mass is 356 g/mol. The molecule has 0 fully saturated rings. The molecule has 0 aliphatic carbocycles. The molecule has 1 N–H and O–H groups in total. The average molecular weight is 356 g/mol. The van der Waals surface area contributed by atoms with Gasteiger partial charge in [-0.05, 0) is 29.7 Å². The van der Waals surface area contributed by atoms with Crippen LogP contribution in [0.3, 0.4) is 0 Å². The van der Waals surface area contributed by atoms with Crippen molar-refractivity contribution in [1.29, 1.82) is 0 Å². The minimum absolute atomic E-state index is 0.0668. The zero-order valence-corrected chi connectivity index (χ0v) is 15.0. The number of halogens is 1. The van der Waals surface area contributed by atoms with Gasteiger partial charge in [-0.3, -0.25) is 4.90 Å². The first-order valence-electron chi connectivity index (χ1n) is 9.07. The second-order valence-corrected chi connectivity index (χ2v) is 6.72. The Labute approximate surface area is 153 Å². The lowest BCUT2D eigenvalue weighted by atomic mass is 10.0. The van der Waals surface area contributed by atoms with Crippen molar-refractivity contribution in [3.05, 3.63) is 71.5 Å². The van der Waals surface area contributed by atoms with E-state index in [4.69, 9.17) is 4.84 Å². The van der Waals surface area contributed by atoms with Gasteiger partial charge in [0.05, 0.1) is 11.8 Å². The van der Waals surface area contributed by atoms with Crippen molar-refractivity contribution in [2.75, 3.05) is 13.1 Å². The molecule has 5 heteroatoms. The SMILES string of the molecule is CCC(O)CN(Cc1cccc(F)c1)CC1CC(c2ccccc2)=NO1. The number of aliphatic hydroxyl groups excluding tert-OH is 1. The van der Waals surface area contributed by atoms with Gasteiger partial charge in [-0.25, -0.2) is 4.39 Å². The van der Waals surface area contributed by atoms with Gasteiger partial charge in [0.2, 0.25) is 0 Å². The van der Waals surface area contributed by atoms with Crippen LogP contribution in [0.25, 0.3) is 0 Å². The minimum Gasteiger partial charge on any atom is -0.392 e. The van der Waals surface area contributed by atoms with Gasteiger partial charge < -0.3 is 9.94 Å². The fourth-order valence-corrected chi connectivity index (χ4v) is 3.14. The van der Waals surface area contributed by atoms with Crippen molar-refractivity contribution < 1.29 is 14.3 Å². The number of hydrogen-bond acceptors (Lipinski definition) is 4. The van der Waals surface area contributed by atoms with E-state index in [1.807, 2.05) is 43.3 Å². The van der Waals surface area contributed by atoms with Crippen LogP contribution in [0.2, 0.25) is 0 Å². The molecule has 1 aliphatic heterocycles. The van der Waals surface area contributed by atoms with Gasteiger partial charge in [-0.15, -0.1) is 0 Å². The van der Waals surface area contributed by atoms with Crippen LogP contribution >= 0.6 is 0 Å². The Morgan fingerprint density at radius 2 is 2.04 bits per heavy atom. The van der Waals surface area contributed by atoms with Gasteiger partial charge in [0, 0.05) is 26.1 Å². The molecule has 1 aliphatic rings. The molecule has 138 valence electrons. The van der Waals surface area contributed by atoms with E-state index < -0.39 is 6.10 Å². The zero-order chi connectivity index (χ0) is 18.4. The molecule has 2 aromatic rings. The van der Waals surface area contributed by atoms with Crippen LogP contribution in [-0.4, -0.2) is 41.0 Å². The first kappa shape index (κ1) is 18.5. The van der Waals surface area contributed by atoms with Gasteiger partial charge in [-0.2, -0.15) is 0 Å². The Morgan fingerprint density at radius 1 is 1.23 bits per heavy atom. The summed E-state index contributed by atoms with van der Waals surface area (Å²) in [7, 11) is 0. The molecule has 0 bridgehead atoms. The molecule has 3 rings (SSSR count). The standard InChI is InChI=1S/C21H25FN2O2/c1-2-19(25)14-24(13-16-7-6-10-18(22)11-16)15-20-12-21(23-26-20)17-8-4-3-5-9-17/h3-11,19-20,25H,2,12-15H2,1H3. The van der Waals surface area contributed by atoms with E-state index in [2.05, 4.69) is 10.1 Å². The zero-order valence-electron chi connectivity index (χ0n) is 15.0. The third-order valence-corrected chi connectivity index (χ3v) is 4.54. The third-order valence-electron chi connectivity index (χ3n) is 4.54. The number of nitrogens with zero attached hydrogens (tertiary/aromatic N) is 2. The molecule has 0 aromatic heterocycles. The van der Waals surface area contributed by atoms with E-state index in [1.54, 1.807) is 6.07 Å². The molecule has 0 amide bonds. The maximum atomic E-state index is 13.5. The second kappa shape index (κ2) is 8.92. The normalized spacial score (nSPS) is 17.8. The number of oxime groups is 1. The largest absolute Gasteiger partial charge is 0.392 e. The lowest BCUT2D eigenvalue weighted by molar-refractivity contribution is 0.0315. The van der Waals surface area contributed by atoms with Gasteiger partial charge in [-0.1, -0.05) is 54.5 Å². The Bertz CT molecular complexity index is 736. The highest BCUT2D eigenvalue weighted by Gasteiger charge is 2.25. The summed E-state index contributed by atoms with van der Waals surface area (Å²) in [5.41, 5.74) is 2.90. The predicted octanol–water partition coefficient (Wildman–Crippen LogP) is 3.59. The molecule has 2 unspecified atom stereocenters. The number of rotatable bonds is 8. The van der Waals surface area contributed by atoms with Crippen LogP contribution < -0.4 is 0 Å². The molecule has 0 radical (unpaired) electrons. The Morgan fingerprint density at radius 3 is 2.77 bits per heavy atom. The maximum Gasteiger partial charge on any atom is 0.145 e. The summed E-state index contributed by atoms with van der Waals surface area (Å²) in [6.07, 6.45) is 0.922. The molecular weight excluding hydrogens is 331 g/mol. The minimum atomic E-state index is -0.417. The maximum absolute atomic E-state index is 13.5. The molecular formula is C21H25FN2O2. The van der Waals surface area contributed by atoms with E-state index in [9.17, 15) is 9.50 Å². The van der Waals surface area contributed by atoms with Crippen molar-refractivity contribution in [3.8, 4) is 0 Å². The summed E-state index contributed by atoms with van der Waals surface area (Å²) in [5.74, 6) is -0.245. The van der Waals surface area contributed by atoms with E-state index in [1.165, 1.54) is 12.1 Å². The lowest BCUT2D eigenvalue weighted by Gasteiger charge is -2.26. The summed E-state index contributed by atoms with van der Waals surface area (Å²) >= 11 is 0. The Kier molecular flexibility index (Phi) is 6.36. The fraction of sp³-hybridized carbons (Fsp3) is 0.381. The summed E-state index contributed by atoms with van der Waals surface area (Å²) < 4.78 is 13.5. The van der Waals surface area contributed by atoms with Crippen LogP contribution in [0.4, 0.5) is 4.39 Å². The van der Waals surface area contributed by atoms with Crippen LogP contribution in [0.1, 0.15) is 30.9 Å². The number of aliphatic hydroxyl groups is 1. The Hall–Kier alpha value is -2.24. The van der Waals surface area contributed by atoms with Crippen molar-refractivity contribution in [3.63, 3.8) is 0 Å². The van der Waals surface area contributed by atoms with Crippen molar-refractivity contribution in [2.24, 2.45) is 5.16 Å². The molecule has 4 nitrogen and oxygen atoms in total. The topological polar surface area (TPSA) is 45.1 Å². The molecule has 2 aromatic carbocycles. The quantitative estimate of drug-likeness (QED) is 0.786. The molecule has 0 saturated heterocycles. The summed E-state index contributed by atoms with van der Waals surface area (Å²) in [4.78, 5) is 7.73. The van der Waals surface area contributed by atoms with Crippen molar-refractivity contribution >= 4 is 5.71 Å². The molecule has 1 heterocycles. The third kappa shape index (κ3) is 5.13. The molecule has 26 heavy (non-hydrogen) atoms. The van der Waals surface area contributed by atoms with Crippen LogP contribution in [-0.2, 0) is 11.4 Å². The van der Waals surface area contributed by atoms with Gasteiger partial charge >= 0.3 is 0 Å². The molecule has 0 saturated carbocycles. The fourth-order valence-electron chi connectivity index (χ4n) is 3.14. The second-order valence-electron chi connectivity index (χ2n) is 6.72. The highest BCUT2D eigenvalue weighted by atomic mass is 19.1. The summed E-state index contributed by atoms with van der Waals surface area (Å²) in [6.45, 7) is 3.67. The van der Waals surface area contributed by atoms with Crippen LogP contribution in [0, 0.1) is 5.82 Å². The van der Waals surface area contributed by atoms with Gasteiger partial charge in [0.15, 0.2) is 0 Å². The van der Waals surface area contributed by atoms with Crippen molar-refractivity contribution in [2.45, 2.75) is 38.5 Å². The van der Waals surface area contributed by atoms with Gasteiger partial charge in [0.1, 0.15) is 11.9 Å². The van der Waals surface area contributed by atoms with E-state index in [0.717, 1.165) is 23.3 Å². The summed E-state index contributed by atoms with van der Waals surface area (Å²) in [5, 5.41) is 14.3. The van der Waals surface area contributed by atoms with E-state index in [0.29, 0.717) is 26.1 Å². The smallest absolute Gasteiger partial charge is 0.145 e. The highest BCUT2D eigenvalue weighted by Crippen LogP contribution is 2.19. The molecule has 2 atom stereocenters. The Balaban J connectivity index is 1.63. The first-order chi connectivity index (χ1) is 12.6. The van der Waals surface area contributed by atoms with E-state index >= 15 is 0 Å². The average Bonchev–Trinajstić information content (AvgIpc) is 3.11. The highest BCUT2D eigenvalue weighted by molar-refractivity contribution is 6.01.